The van der Waals surface area contributed by atoms with Crippen LogP contribution in [0.5, 0.6) is 0 Å². The fourth-order valence-corrected chi connectivity index (χ4v) is 2.55. The van der Waals surface area contributed by atoms with Crippen molar-refractivity contribution in [3.8, 4) is 0 Å². The molecule has 2 rings (SSSR count). The number of carboxylic acids is 1. The molecule has 2 atom stereocenters. The van der Waals surface area contributed by atoms with E-state index in [0.29, 0.717) is 13.1 Å². The van der Waals surface area contributed by atoms with Crippen LogP contribution in [0.1, 0.15) is 44.5 Å². The number of aromatic nitrogens is 2. The lowest BCUT2D eigenvalue weighted by Gasteiger charge is -2.16. The largest absolute Gasteiger partial charge is 0.481 e. The van der Waals surface area contributed by atoms with Gasteiger partial charge in [0.1, 0.15) is 0 Å². The molecule has 0 fully saturated rings. The normalized spacial score (nSPS) is 20.1. The summed E-state index contributed by atoms with van der Waals surface area (Å²) < 4.78 is 6.40. The van der Waals surface area contributed by atoms with Crippen molar-refractivity contribution in [1.82, 2.24) is 15.0 Å². The van der Waals surface area contributed by atoms with Crippen molar-refractivity contribution in [2.45, 2.75) is 45.1 Å². The van der Waals surface area contributed by atoms with Gasteiger partial charge < -0.3 is 10.4 Å². The molecule has 2 heterocycles. The van der Waals surface area contributed by atoms with E-state index in [2.05, 4.69) is 10.5 Å². The summed E-state index contributed by atoms with van der Waals surface area (Å²) in [4.78, 5) is 22.4. The van der Waals surface area contributed by atoms with Crippen molar-refractivity contribution in [1.29, 1.82) is 0 Å². The quantitative estimate of drug-likeness (QED) is 0.750. The van der Waals surface area contributed by atoms with E-state index in [4.69, 9.17) is 9.63 Å². The van der Waals surface area contributed by atoms with E-state index in [-0.39, 0.29) is 11.8 Å². The fraction of sp³-hybridized carbons (Fsp3) is 0.769. The van der Waals surface area contributed by atoms with E-state index < -0.39 is 11.9 Å². The van der Waals surface area contributed by atoms with Crippen LogP contribution >= 0.6 is 0 Å². The van der Waals surface area contributed by atoms with E-state index in [0.717, 1.165) is 37.9 Å². The van der Waals surface area contributed by atoms with Gasteiger partial charge in [-0.2, -0.15) is 0 Å². The zero-order valence-corrected chi connectivity index (χ0v) is 11.7. The zero-order valence-electron chi connectivity index (χ0n) is 11.7. The molecule has 0 saturated carbocycles. The van der Waals surface area contributed by atoms with E-state index in [1.807, 2.05) is 0 Å². The third-order valence-electron chi connectivity index (χ3n) is 3.78. The lowest BCUT2D eigenvalue weighted by Crippen LogP contribution is -2.30. The number of nitrogens with zero attached hydrogens (tertiary/aromatic N) is 2. The Bertz CT molecular complexity index is 508. The highest BCUT2D eigenvalue weighted by Crippen LogP contribution is 2.23. The lowest BCUT2D eigenvalue weighted by atomic mass is 10.1. The van der Waals surface area contributed by atoms with Crippen LogP contribution in [0.15, 0.2) is 9.32 Å². The smallest absolute Gasteiger partial charge is 0.441 e. The maximum absolute atomic E-state index is 11.7. The molecule has 112 valence electrons. The summed E-state index contributed by atoms with van der Waals surface area (Å²) in [6, 6.07) is 0.0962. The Labute approximate surface area is 117 Å². The van der Waals surface area contributed by atoms with Gasteiger partial charge in [-0.1, -0.05) is 18.5 Å². The average Bonchev–Trinajstić information content (AvgIpc) is 2.66. The number of hydrogen-bond acceptors (Lipinski definition) is 5. The van der Waals surface area contributed by atoms with Gasteiger partial charge in [0, 0.05) is 19.0 Å². The van der Waals surface area contributed by atoms with Gasteiger partial charge in [0.25, 0.3) is 0 Å². The third-order valence-corrected chi connectivity index (χ3v) is 3.78. The van der Waals surface area contributed by atoms with Gasteiger partial charge in [0.2, 0.25) is 0 Å². The van der Waals surface area contributed by atoms with Crippen LogP contribution in [0.3, 0.4) is 0 Å². The van der Waals surface area contributed by atoms with Gasteiger partial charge in [-0.15, -0.1) is 0 Å². The standard InChI is InChI=1S/C13H21N3O4/c1-9(12(17)18)8-14-7-6-10-4-2-3-5-11-15-20-13(19)16(10)11/h9-10,14H,2-8H2,1H3,(H,17,18)/t9-,10?/m0/s1. The van der Waals surface area contributed by atoms with E-state index in [9.17, 15) is 9.59 Å². The summed E-state index contributed by atoms with van der Waals surface area (Å²) >= 11 is 0. The number of carboxylic acid groups (broad SMARTS) is 1. The second-order valence-electron chi connectivity index (χ2n) is 5.37. The molecule has 0 bridgehead atoms. The van der Waals surface area contributed by atoms with Crippen molar-refractivity contribution in [2.24, 2.45) is 5.92 Å². The Morgan fingerprint density at radius 1 is 1.60 bits per heavy atom. The molecule has 0 radical (unpaired) electrons. The van der Waals surface area contributed by atoms with Gasteiger partial charge in [0.15, 0.2) is 5.82 Å². The van der Waals surface area contributed by atoms with Crippen LogP contribution in [0, 0.1) is 5.92 Å². The minimum absolute atomic E-state index is 0.0962. The molecule has 0 amide bonds. The lowest BCUT2D eigenvalue weighted by molar-refractivity contribution is -0.140. The molecule has 1 unspecified atom stereocenters. The summed E-state index contributed by atoms with van der Waals surface area (Å²) in [5.41, 5.74) is 0. The van der Waals surface area contributed by atoms with Crippen LogP contribution in [0.4, 0.5) is 0 Å². The predicted molar refractivity (Wildman–Crippen MR) is 71.6 cm³/mol. The number of nitrogens with one attached hydrogen (secondary N) is 1. The molecule has 1 aromatic rings. The van der Waals surface area contributed by atoms with Crippen molar-refractivity contribution in [3.05, 3.63) is 16.4 Å². The van der Waals surface area contributed by atoms with Crippen LogP contribution in [0.2, 0.25) is 0 Å². The first-order valence-electron chi connectivity index (χ1n) is 7.10. The van der Waals surface area contributed by atoms with Gasteiger partial charge in [0.05, 0.1) is 5.92 Å². The molecule has 0 spiro atoms. The molecular weight excluding hydrogens is 262 g/mol. The Morgan fingerprint density at radius 3 is 3.15 bits per heavy atom. The van der Waals surface area contributed by atoms with Gasteiger partial charge in [-0.05, 0) is 25.8 Å². The fourth-order valence-electron chi connectivity index (χ4n) is 2.55. The second-order valence-corrected chi connectivity index (χ2v) is 5.37. The maximum atomic E-state index is 11.7. The Morgan fingerprint density at radius 2 is 2.40 bits per heavy atom. The molecule has 1 aromatic heterocycles. The molecule has 0 aliphatic carbocycles. The maximum Gasteiger partial charge on any atom is 0.441 e. The molecule has 7 heteroatoms. The molecule has 7 nitrogen and oxygen atoms in total. The first kappa shape index (κ1) is 14.8. The summed E-state index contributed by atoms with van der Waals surface area (Å²) in [6.45, 7) is 2.79. The molecule has 1 aliphatic heterocycles. The summed E-state index contributed by atoms with van der Waals surface area (Å²) in [6.07, 6.45) is 4.58. The van der Waals surface area contributed by atoms with Crippen LogP contribution in [0.25, 0.3) is 0 Å². The first-order valence-corrected chi connectivity index (χ1v) is 7.10. The highest BCUT2D eigenvalue weighted by atomic mass is 16.5. The van der Waals surface area contributed by atoms with Gasteiger partial charge >= 0.3 is 11.7 Å². The Hall–Kier alpha value is -1.63. The SMILES string of the molecule is C[C@@H](CNCCC1CCCCc2noc(=O)n21)C(=O)O. The van der Waals surface area contributed by atoms with Crippen molar-refractivity contribution < 1.29 is 14.4 Å². The molecule has 1 aliphatic rings. The number of hydrogen-bond donors (Lipinski definition) is 2. The van der Waals surface area contributed by atoms with Gasteiger partial charge in [-0.3, -0.25) is 13.9 Å². The minimum atomic E-state index is -0.801. The molecular formula is C13H21N3O4. The second kappa shape index (κ2) is 6.69. The molecule has 0 saturated heterocycles. The van der Waals surface area contributed by atoms with Crippen LogP contribution in [-0.4, -0.2) is 33.9 Å². The van der Waals surface area contributed by atoms with Crippen molar-refractivity contribution in [2.75, 3.05) is 13.1 Å². The predicted octanol–water partition coefficient (Wildman–Crippen LogP) is 0.804. The highest BCUT2D eigenvalue weighted by molar-refractivity contribution is 5.69. The van der Waals surface area contributed by atoms with E-state index in [1.165, 1.54) is 0 Å². The van der Waals surface area contributed by atoms with Crippen LogP contribution < -0.4 is 11.1 Å². The molecule has 2 N–H and O–H groups in total. The molecule has 20 heavy (non-hydrogen) atoms. The zero-order chi connectivity index (χ0) is 14.5. The first-order chi connectivity index (χ1) is 9.59. The van der Waals surface area contributed by atoms with E-state index in [1.54, 1.807) is 11.5 Å². The Balaban J connectivity index is 1.88. The monoisotopic (exact) mass is 283 g/mol. The van der Waals surface area contributed by atoms with Crippen LogP contribution in [-0.2, 0) is 11.2 Å². The topological polar surface area (TPSA) is 97.4 Å². The highest BCUT2D eigenvalue weighted by Gasteiger charge is 2.22. The summed E-state index contributed by atoms with van der Waals surface area (Å²) in [7, 11) is 0. The number of carbonyl (C=O) groups is 1. The summed E-state index contributed by atoms with van der Waals surface area (Å²) in [5, 5.41) is 15.8. The number of rotatable bonds is 6. The minimum Gasteiger partial charge on any atom is -0.481 e. The van der Waals surface area contributed by atoms with Gasteiger partial charge in [-0.25, -0.2) is 4.79 Å². The molecule has 0 aromatic carbocycles. The van der Waals surface area contributed by atoms with E-state index >= 15 is 0 Å². The number of fused-ring (bicyclic) bond motifs is 1. The summed E-state index contributed by atoms with van der Waals surface area (Å²) in [5.74, 6) is -0.857. The van der Waals surface area contributed by atoms with Crippen molar-refractivity contribution in [3.63, 3.8) is 0 Å². The third kappa shape index (κ3) is 3.47. The number of aryl methyl sites for hydroxylation is 1. The Kier molecular flexibility index (Phi) is 4.94. The average molecular weight is 283 g/mol. The van der Waals surface area contributed by atoms with Crippen molar-refractivity contribution >= 4 is 5.97 Å². The number of aliphatic carboxylic acids is 1.